The fourth-order valence-corrected chi connectivity index (χ4v) is 2.65. The van der Waals surface area contributed by atoms with E-state index in [9.17, 15) is 9.90 Å². The molecule has 2 unspecified atom stereocenters. The van der Waals surface area contributed by atoms with Crippen LogP contribution in [0.5, 0.6) is 11.5 Å². The third-order valence-electron chi connectivity index (χ3n) is 3.68. The normalized spacial score (nSPS) is 15.2. The summed E-state index contributed by atoms with van der Waals surface area (Å²) in [5.41, 5.74) is -0.949. The Hall–Kier alpha value is -1.75. The molecule has 1 rings (SSSR count). The molecule has 0 heterocycles. The van der Waals surface area contributed by atoms with Crippen molar-refractivity contribution in [3.8, 4) is 11.5 Å². The van der Waals surface area contributed by atoms with E-state index in [1.54, 1.807) is 32.2 Å². The molecule has 0 aliphatic rings. The largest absolute Gasteiger partial charge is 0.497 e. The molecule has 2 atom stereocenters. The Balaban J connectivity index is 3.41. The molecule has 0 bridgehead atoms. The molecule has 1 aromatic rings. The number of benzene rings is 1. The van der Waals surface area contributed by atoms with Gasteiger partial charge in [-0.1, -0.05) is 13.8 Å². The average molecular weight is 296 g/mol. The van der Waals surface area contributed by atoms with E-state index in [4.69, 9.17) is 14.2 Å². The summed E-state index contributed by atoms with van der Waals surface area (Å²) in [6.07, 6.45) is 0. The summed E-state index contributed by atoms with van der Waals surface area (Å²) in [5.74, 6) is -0.208. The summed E-state index contributed by atoms with van der Waals surface area (Å²) in [6.45, 7) is 5.32. The summed E-state index contributed by atoms with van der Waals surface area (Å²) in [5, 5.41) is 11.0. The van der Waals surface area contributed by atoms with Gasteiger partial charge in [-0.15, -0.1) is 0 Å². The smallest absolute Gasteiger partial charge is 0.312 e. The highest BCUT2D eigenvalue weighted by Crippen LogP contribution is 2.41. The minimum Gasteiger partial charge on any atom is -0.497 e. The first kappa shape index (κ1) is 17.3. The van der Waals surface area contributed by atoms with Gasteiger partial charge in [0.1, 0.15) is 17.1 Å². The molecule has 0 aliphatic heterocycles. The van der Waals surface area contributed by atoms with Gasteiger partial charge in [0, 0.05) is 5.56 Å². The molecule has 0 amide bonds. The van der Waals surface area contributed by atoms with Crippen LogP contribution in [0.15, 0.2) is 18.2 Å². The van der Waals surface area contributed by atoms with Crippen molar-refractivity contribution in [1.82, 2.24) is 0 Å². The number of ether oxygens (including phenoxy) is 3. The van der Waals surface area contributed by atoms with E-state index in [-0.39, 0.29) is 5.92 Å². The zero-order valence-electron chi connectivity index (χ0n) is 13.5. The van der Waals surface area contributed by atoms with Crippen molar-refractivity contribution in [2.45, 2.75) is 26.4 Å². The zero-order valence-corrected chi connectivity index (χ0v) is 13.5. The summed E-state index contributed by atoms with van der Waals surface area (Å²) >= 11 is 0. The molecule has 0 aliphatic carbocycles. The molecule has 5 heteroatoms. The minimum absolute atomic E-state index is 0.108. The summed E-state index contributed by atoms with van der Waals surface area (Å²) in [7, 11) is 4.38. The predicted molar refractivity (Wildman–Crippen MR) is 79.5 cm³/mol. The minimum atomic E-state index is -1.44. The van der Waals surface area contributed by atoms with Gasteiger partial charge < -0.3 is 19.3 Å². The number of hydrogen-bond donors (Lipinski definition) is 1. The van der Waals surface area contributed by atoms with Gasteiger partial charge in [0.05, 0.1) is 27.2 Å². The molecular weight excluding hydrogens is 272 g/mol. The van der Waals surface area contributed by atoms with Crippen LogP contribution in [-0.2, 0) is 15.1 Å². The maximum atomic E-state index is 12.1. The van der Waals surface area contributed by atoms with Crippen LogP contribution in [0.25, 0.3) is 0 Å². The first-order valence-corrected chi connectivity index (χ1v) is 6.82. The van der Waals surface area contributed by atoms with E-state index in [0.717, 1.165) is 0 Å². The number of aliphatic hydroxyl groups is 1. The van der Waals surface area contributed by atoms with Crippen molar-refractivity contribution in [3.05, 3.63) is 23.8 Å². The Morgan fingerprint density at radius 2 is 1.81 bits per heavy atom. The molecule has 0 radical (unpaired) electrons. The van der Waals surface area contributed by atoms with E-state index >= 15 is 0 Å². The average Bonchev–Trinajstić information content (AvgIpc) is 2.45. The Morgan fingerprint density at radius 1 is 1.19 bits per heavy atom. The molecule has 1 N–H and O–H groups in total. The highest BCUT2D eigenvalue weighted by atomic mass is 16.5. The third kappa shape index (κ3) is 3.47. The standard InChI is InChI=1S/C16H24O5/c1-10(2)14(15(17)21-6)16(3,18)12-9-11(19-4)7-8-13(12)20-5/h7-10,14,18H,1-6H3. The molecular formula is C16H24O5. The van der Waals surface area contributed by atoms with Crippen molar-refractivity contribution < 1.29 is 24.1 Å². The van der Waals surface area contributed by atoms with Crippen molar-refractivity contribution in [3.63, 3.8) is 0 Å². The monoisotopic (exact) mass is 296 g/mol. The maximum Gasteiger partial charge on any atom is 0.312 e. The second-order valence-electron chi connectivity index (χ2n) is 5.46. The highest BCUT2D eigenvalue weighted by molar-refractivity contribution is 5.74. The second kappa shape index (κ2) is 6.80. The Morgan fingerprint density at radius 3 is 2.24 bits per heavy atom. The van der Waals surface area contributed by atoms with Gasteiger partial charge in [-0.25, -0.2) is 0 Å². The van der Waals surface area contributed by atoms with Crippen LogP contribution in [-0.4, -0.2) is 32.4 Å². The SMILES string of the molecule is COC(=O)C(C(C)C)C(C)(O)c1cc(OC)ccc1OC. The lowest BCUT2D eigenvalue weighted by Gasteiger charge is -2.35. The molecule has 0 aromatic heterocycles. The quantitative estimate of drug-likeness (QED) is 0.816. The Kier molecular flexibility index (Phi) is 5.61. The molecule has 1 aromatic carbocycles. The molecule has 0 saturated heterocycles. The summed E-state index contributed by atoms with van der Waals surface area (Å²) < 4.78 is 15.3. The topological polar surface area (TPSA) is 65.0 Å². The van der Waals surface area contributed by atoms with Crippen LogP contribution < -0.4 is 9.47 Å². The Labute approximate surface area is 125 Å². The van der Waals surface area contributed by atoms with E-state index in [1.165, 1.54) is 14.2 Å². The number of rotatable bonds is 6. The van der Waals surface area contributed by atoms with Crippen LogP contribution in [0.3, 0.4) is 0 Å². The molecule has 5 nitrogen and oxygen atoms in total. The second-order valence-corrected chi connectivity index (χ2v) is 5.46. The summed E-state index contributed by atoms with van der Waals surface area (Å²) in [4.78, 5) is 12.1. The molecule has 0 spiro atoms. The molecule has 0 fully saturated rings. The van der Waals surface area contributed by atoms with Gasteiger partial charge in [-0.2, -0.15) is 0 Å². The highest BCUT2D eigenvalue weighted by Gasteiger charge is 2.43. The van der Waals surface area contributed by atoms with Crippen LogP contribution in [0.2, 0.25) is 0 Å². The van der Waals surface area contributed by atoms with Crippen LogP contribution in [0, 0.1) is 11.8 Å². The van der Waals surface area contributed by atoms with Crippen molar-refractivity contribution >= 4 is 5.97 Å². The van der Waals surface area contributed by atoms with Gasteiger partial charge in [-0.05, 0) is 31.0 Å². The van der Waals surface area contributed by atoms with E-state index < -0.39 is 17.5 Å². The third-order valence-corrected chi connectivity index (χ3v) is 3.68. The van der Waals surface area contributed by atoms with Crippen molar-refractivity contribution in [1.29, 1.82) is 0 Å². The fraction of sp³-hybridized carbons (Fsp3) is 0.562. The maximum absolute atomic E-state index is 12.1. The Bertz CT molecular complexity index is 493. The van der Waals surface area contributed by atoms with Gasteiger partial charge in [-0.3, -0.25) is 4.79 Å². The van der Waals surface area contributed by atoms with Crippen molar-refractivity contribution in [2.24, 2.45) is 11.8 Å². The molecule has 118 valence electrons. The lowest BCUT2D eigenvalue weighted by Crippen LogP contribution is -2.41. The summed E-state index contributed by atoms with van der Waals surface area (Å²) in [6, 6.07) is 5.12. The van der Waals surface area contributed by atoms with Crippen LogP contribution >= 0.6 is 0 Å². The van der Waals surface area contributed by atoms with Gasteiger partial charge in [0.25, 0.3) is 0 Å². The number of carbonyl (C=O) groups is 1. The number of methoxy groups -OCH3 is 3. The predicted octanol–water partition coefficient (Wildman–Crippen LogP) is 2.36. The zero-order chi connectivity index (χ0) is 16.2. The van der Waals surface area contributed by atoms with E-state index in [0.29, 0.717) is 17.1 Å². The fourth-order valence-electron chi connectivity index (χ4n) is 2.65. The first-order chi connectivity index (χ1) is 9.79. The van der Waals surface area contributed by atoms with Gasteiger partial charge in [0.2, 0.25) is 0 Å². The number of hydrogen-bond acceptors (Lipinski definition) is 5. The lowest BCUT2D eigenvalue weighted by atomic mass is 9.76. The molecule has 21 heavy (non-hydrogen) atoms. The van der Waals surface area contributed by atoms with Crippen molar-refractivity contribution in [2.75, 3.05) is 21.3 Å². The van der Waals surface area contributed by atoms with Crippen LogP contribution in [0.1, 0.15) is 26.3 Å². The number of esters is 1. The van der Waals surface area contributed by atoms with Crippen LogP contribution in [0.4, 0.5) is 0 Å². The van der Waals surface area contributed by atoms with Gasteiger partial charge in [0.15, 0.2) is 0 Å². The molecule has 0 saturated carbocycles. The van der Waals surface area contributed by atoms with E-state index in [1.807, 2.05) is 13.8 Å². The van der Waals surface area contributed by atoms with E-state index in [2.05, 4.69) is 0 Å². The first-order valence-electron chi connectivity index (χ1n) is 6.82. The van der Waals surface area contributed by atoms with Gasteiger partial charge >= 0.3 is 5.97 Å². The lowest BCUT2D eigenvalue weighted by molar-refractivity contribution is -0.159. The number of carbonyl (C=O) groups excluding carboxylic acids is 1.